The molecule has 2 unspecified atom stereocenters. The van der Waals surface area contributed by atoms with Crippen LogP contribution in [-0.2, 0) is 14.3 Å². The number of carbonyl (C=O) groups excluding carboxylic acids is 2. The van der Waals surface area contributed by atoms with Gasteiger partial charge in [-0.15, -0.1) is 0 Å². The van der Waals surface area contributed by atoms with E-state index in [-0.39, 0.29) is 11.9 Å². The van der Waals surface area contributed by atoms with E-state index in [0.717, 1.165) is 38.5 Å². The standard InChI is InChI=1S/C16H30O3/c1-5-13(3)9-7-11-15(17)19-16(18)12-8-10-14(4)6-2/h13-14H,5-12H2,1-4H3. The predicted molar refractivity (Wildman–Crippen MR) is 77.7 cm³/mol. The van der Waals surface area contributed by atoms with E-state index in [4.69, 9.17) is 4.74 Å². The van der Waals surface area contributed by atoms with Crippen LogP contribution in [0.15, 0.2) is 0 Å². The molecule has 0 fully saturated rings. The van der Waals surface area contributed by atoms with Crippen molar-refractivity contribution in [1.82, 2.24) is 0 Å². The predicted octanol–water partition coefficient (Wildman–Crippen LogP) is 4.49. The van der Waals surface area contributed by atoms with E-state index in [1.54, 1.807) is 0 Å². The van der Waals surface area contributed by atoms with Crippen LogP contribution >= 0.6 is 0 Å². The Morgan fingerprint density at radius 3 is 1.53 bits per heavy atom. The molecule has 0 radical (unpaired) electrons. The van der Waals surface area contributed by atoms with E-state index < -0.39 is 0 Å². The number of ether oxygens (including phenoxy) is 1. The molecule has 0 saturated carbocycles. The first-order valence-electron chi connectivity index (χ1n) is 7.73. The largest absolute Gasteiger partial charge is 0.393 e. The van der Waals surface area contributed by atoms with Crippen molar-refractivity contribution in [2.45, 2.75) is 79.1 Å². The Labute approximate surface area is 118 Å². The molecule has 3 heteroatoms. The summed E-state index contributed by atoms with van der Waals surface area (Å²) in [5.41, 5.74) is 0. The molecule has 19 heavy (non-hydrogen) atoms. The quantitative estimate of drug-likeness (QED) is 0.434. The topological polar surface area (TPSA) is 43.4 Å². The highest BCUT2D eigenvalue weighted by atomic mass is 16.6. The van der Waals surface area contributed by atoms with Gasteiger partial charge in [-0.3, -0.25) is 9.59 Å². The number of esters is 2. The summed E-state index contributed by atoms with van der Waals surface area (Å²) in [5.74, 6) is 0.548. The third-order valence-electron chi connectivity index (χ3n) is 3.78. The zero-order chi connectivity index (χ0) is 14.7. The molecule has 0 aromatic rings. The lowest BCUT2D eigenvalue weighted by atomic mass is 10.0. The summed E-state index contributed by atoms with van der Waals surface area (Å²) < 4.78 is 4.80. The number of hydrogen-bond donors (Lipinski definition) is 0. The van der Waals surface area contributed by atoms with E-state index >= 15 is 0 Å². The van der Waals surface area contributed by atoms with Crippen molar-refractivity contribution >= 4 is 11.9 Å². The van der Waals surface area contributed by atoms with Crippen LogP contribution in [0.5, 0.6) is 0 Å². The van der Waals surface area contributed by atoms with Crippen LogP contribution in [-0.4, -0.2) is 11.9 Å². The molecule has 0 aliphatic carbocycles. The summed E-state index contributed by atoms with van der Waals surface area (Å²) in [6.07, 6.45) is 6.65. The fourth-order valence-corrected chi connectivity index (χ4v) is 1.83. The maximum Gasteiger partial charge on any atom is 0.313 e. The van der Waals surface area contributed by atoms with E-state index in [0.29, 0.717) is 24.7 Å². The van der Waals surface area contributed by atoms with Gasteiger partial charge in [0.1, 0.15) is 0 Å². The van der Waals surface area contributed by atoms with Gasteiger partial charge < -0.3 is 4.74 Å². The van der Waals surface area contributed by atoms with Crippen molar-refractivity contribution in [2.75, 3.05) is 0 Å². The fourth-order valence-electron chi connectivity index (χ4n) is 1.83. The first kappa shape index (κ1) is 18.1. The molecule has 0 heterocycles. The van der Waals surface area contributed by atoms with E-state index in [2.05, 4.69) is 27.7 Å². The smallest absolute Gasteiger partial charge is 0.313 e. The van der Waals surface area contributed by atoms with Gasteiger partial charge in [0, 0.05) is 12.8 Å². The SMILES string of the molecule is CCC(C)CCCC(=O)OC(=O)CCCC(C)CC. The summed E-state index contributed by atoms with van der Waals surface area (Å²) in [7, 11) is 0. The number of carbonyl (C=O) groups is 2. The van der Waals surface area contributed by atoms with Crippen molar-refractivity contribution in [3.05, 3.63) is 0 Å². The van der Waals surface area contributed by atoms with Crippen LogP contribution in [0.2, 0.25) is 0 Å². The van der Waals surface area contributed by atoms with Gasteiger partial charge >= 0.3 is 11.9 Å². The second-order valence-corrected chi connectivity index (χ2v) is 5.66. The molecule has 0 bridgehead atoms. The lowest BCUT2D eigenvalue weighted by Crippen LogP contribution is -2.12. The minimum Gasteiger partial charge on any atom is -0.393 e. The lowest BCUT2D eigenvalue weighted by molar-refractivity contribution is -0.159. The second kappa shape index (κ2) is 11.0. The van der Waals surface area contributed by atoms with E-state index in [1.807, 2.05) is 0 Å². The molecule has 0 aliphatic heterocycles. The fraction of sp³-hybridized carbons (Fsp3) is 0.875. The highest BCUT2D eigenvalue weighted by Crippen LogP contribution is 2.13. The average molecular weight is 270 g/mol. The number of rotatable bonds is 10. The zero-order valence-electron chi connectivity index (χ0n) is 13.0. The van der Waals surface area contributed by atoms with Crippen LogP contribution in [0.1, 0.15) is 79.1 Å². The van der Waals surface area contributed by atoms with E-state index in [9.17, 15) is 9.59 Å². The Bertz CT molecular complexity index is 235. The summed E-state index contributed by atoms with van der Waals surface area (Å²) in [4.78, 5) is 22.9. The first-order chi connectivity index (χ1) is 8.99. The van der Waals surface area contributed by atoms with Crippen molar-refractivity contribution < 1.29 is 14.3 Å². The molecule has 3 nitrogen and oxygen atoms in total. The van der Waals surface area contributed by atoms with Gasteiger partial charge in [0.25, 0.3) is 0 Å². The molecule has 0 amide bonds. The van der Waals surface area contributed by atoms with Crippen molar-refractivity contribution in [2.24, 2.45) is 11.8 Å². The van der Waals surface area contributed by atoms with Crippen LogP contribution in [0.4, 0.5) is 0 Å². The Balaban J connectivity index is 3.61. The van der Waals surface area contributed by atoms with Gasteiger partial charge in [-0.2, -0.15) is 0 Å². The first-order valence-corrected chi connectivity index (χ1v) is 7.73. The minimum atomic E-state index is -0.364. The van der Waals surface area contributed by atoms with Crippen molar-refractivity contribution in [1.29, 1.82) is 0 Å². The Morgan fingerprint density at radius 2 is 1.21 bits per heavy atom. The molecule has 0 aliphatic rings. The normalized spacial score (nSPS) is 13.9. The van der Waals surface area contributed by atoms with Gasteiger partial charge in [-0.1, -0.05) is 53.4 Å². The summed E-state index contributed by atoms with van der Waals surface area (Å²) in [6.45, 7) is 8.63. The maximum atomic E-state index is 11.4. The maximum absolute atomic E-state index is 11.4. The highest BCUT2D eigenvalue weighted by molar-refractivity contribution is 5.85. The average Bonchev–Trinajstić information content (AvgIpc) is 2.37. The summed E-state index contributed by atoms with van der Waals surface area (Å²) in [6, 6.07) is 0. The minimum absolute atomic E-state index is 0.363. The third kappa shape index (κ3) is 10.7. The van der Waals surface area contributed by atoms with Crippen LogP contribution in [0, 0.1) is 11.8 Å². The van der Waals surface area contributed by atoms with Gasteiger partial charge in [-0.05, 0) is 24.7 Å². The molecular weight excluding hydrogens is 240 g/mol. The monoisotopic (exact) mass is 270 g/mol. The molecule has 112 valence electrons. The van der Waals surface area contributed by atoms with Crippen LogP contribution in [0.3, 0.4) is 0 Å². The van der Waals surface area contributed by atoms with Gasteiger partial charge in [0.05, 0.1) is 0 Å². The number of hydrogen-bond acceptors (Lipinski definition) is 3. The van der Waals surface area contributed by atoms with Gasteiger partial charge in [0.15, 0.2) is 0 Å². The Kier molecular flexibility index (Phi) is 10.5. The molecular formula is C16H30O3. The molecule has 0 spiro atoms. The molecule has 0 rings (SSSR count). The molecule has 0 N–H and O–H groups in total. The summed E-state index contributed by atoms with van der Waals surface area (Å²) in [5, 5.41) is 0. The molecule has 0 saturated heterocycles. The van der Waals surface area contributed by atoms with Crippen molar-refractivity contribution in [3.8, 4) is 0 Å². The molecule has 0 aromatic heterocycles. The zero-order valence-corrected chi connectivity index (χ0v) is 13.0. The molecule has 0 aromatic carbocycles. The third-order valence-corrected chi connectivity index (χ3v) is 3.78. The summed E-state index contributed by atoms with van der Waals surface area (Å²) >= 11 is 0. The van der Waals surface area contributed by atoms with Crippen molar-refractivity contribution in [3.63, 3.8) is 0 Å². The molecule has 2 atom stereocenters. The highest BCUT2D eigenvalue weighted by Gasteiger charge is 2.11. The van der Waals surface area contributed by atoms with E-state index in [1.165, 1.54) is 0 Å². The lowest BCUT2D eigenvalue weighted by Gasteiger charge is -2.08. The van der Waals surface area contributed by atoms with Gasteiger partial charge in [0.2, 0.25) is 0 Å². The van der Waals surface area contributed by atoms with Gasteiger partial charge in [-0.25, -0.2) is 0 Å². The second-order valence-electron chi connectivity index (χ2n) is 5.66. The Morgan fingerprint density at radius 1 is 0.842 bits per heavy atom. The Hall–Kier alpha value is -0.860. The van der Waals surface area contributed by atoms with Crippen LogP contribution < -0.4 is 0 Å². The van der Waals surface area contributed by atoms with Crippen LogP contribution in [0.25, 0.3) is 0 Å².